The van der Waals surface area contributed by atoms with Crippen molar-refractivity contribution < 1.29 is 4.74 Å². The van der Waals surface area contributed by atoms with E-state index >= 15 is 0 Å². The summed E-state index contributed by atoms with van der Waals surface area (Å²) in [6.07, 6.45) is 1.04. The van der Waals surface area contributed by atoms with Gasteiger partial charge in [-0.3, -0.25) is 0 Å². The number of hydrogen-bond acceptors (Lipinski definition) is 2. The van der Waals surface area contributed by atoms with Gasteiger partial charge in [0.25, 0.3) is 0 Å². The maximum absolute atomic E-state index is 5.60. The van der Waals surface area contributed by atoms with Crippen LogP contribution in [0.15, 0.2) is 48.5 Å². The average molecular weight is 312 g/mol. The molecule has 0 saturated heterocycles. The van der Waals surface area contributed by atoms with Gasteiger partial charge in [-0.1, -0.05) is 30.3 Å². The summed E-state index contributed by atoms with van der Waals surface area (Å²) < 4.78 is 5.17. The Morgan fingerprint density at radius 1 is 1.23 bits per heavy atom. The van der Waals surface area contributed by atoms with Crippen LogP contribution in [0.5, 0.6) is 5.75 Å². The Labute approximate surface area is 136 Å². The van der Waals surface area contributed by atoms with Crippen LogP contribution in [-0.2, 0) is 13.0 Å². The van der Waals surface area contributed by atoms with Crippen LogP contribution >= 0.6 is 12.2 Å². The number of nitrogens with one attached hydrogen (secondary N) is 1. The van der Waals surface area contributed by atoms with E-state index in [2.05, 4.69) is 53.5 Å². The lowest BCUT2D eigenvalue weighted by molar-refractivity contribution is 0.414. The summed E-state index contributed by atoms with van der Waals surface area (Å²) in [6.45, 7) is 2.93. The fraction of sp³-hybridized carbons (Fsp3) is 0.278. The number of ether oxygens (including phenoxy) is 1. The first-order chi connectivity index (χ1) is 10.7. The highest BCUT2D eigenvalue weighted by Gasteiger charge is 2.28. The van der Waals surface area contributed by atoms with Crippen molar-refractivity contribution in [2.45, 2.75) is 25.9 Å². The number of para-hydroxylation sites is 1. The zero-order chi connectivity index (χ0) is 15.5. The quantitative estimate of drug-likeness (QED) is 0.877. The van der Waals surface area contributed by atoms with Gasteiger partial charge in [0, 0.05) is 18.3 Å². The van der Waals surface area contributed by atoms with Crippen molar-refractivity contribution in [2.75, 3.05) is 12.0 Å². The smallest absolute Gasteiger partial charge is 0.174 e. The van der Waals surface area contributed by atoms with E-state index in [1.807, 2.05) is 12.1 Å². The molecule has 22 heavy (non-hydrogen) atoms. The van der Waals surface area contributed by atoms with Crippen LogP contribution in [-0.4, -0.2) is 18.3 Å². The molecular weight excluding hydrogens is 292 g/mol. The fourth-order valence-corrected chi connectivity index (χ4v) is 3.23. The van der Waals surface area contributed by atoms with Crippen LogP contribution in [0.1, 0.15) is 18.1 Å². The van der Waals surface area contributed by atoms with Crippen LogP contribution in [0.4, 0.5) is 5.69 Å². The Balaban J connectivity index is 1.67. The van der Waals surface area contributed by atoms with Crippen LogP contribution in [0.2, 0.25) is 0 Å². The molecule has 1 aliphatic heterocycles. The molecule has 2 aromatic carbocycles. The van der Waals surface area contributed by atoms with Gasteiger partial charge >= 0.3 is 0 Å². The summed E-state index contributed by atoms with van der Waals surface area (Å²) in [5, 5.41) is 4.15. The van der Waals surface area contributed by atoms with Gasteiger partial charge in [0.1, 0.15) is 5.75 Å². The van der Waals surface area contributed by atoms with Gasteiger partial charge in [0.15, 0.2) is 5.11 Å². The van der Waals surface area contributed by atoms with Gasteiger partial charge in [-0.05, 0) is 54.9 Å². The van der Waals surface area contributed by atoms with Gasteiger partial charge in [0.05, 0.1) is 7.11 Å². The predicted molar refractivity (Wildman–Crippen MR) is 94.5 cm³/mol. The number of rotatable bonds is 3. The van der Waals surface area contributed by atoms with E-state index in [0.29, 0.717) is 12.6 Å². The van der Waals surface area contributed by atoms with E-state index < -0.39 is 0 Å². The molecule has 0 radical (unpaired) electrons. The Kier molecular flexibility index (Phi) is 4.29. The van der Waals surface area contributed by atoms with Gasteiger partial charge in [-0.25, -0.2) is 0 Å². The minimum Gasteiger partial charge on any atom is -0.497 e. The maximum atomic E-state index is 5.60. The molecule has 1 aliphatic rings. The molecular formula is C18H20N2OS. The Morgan fingerprint density at radius 2 is 1.95 bits per heavy atom. The summed E-state index contributed by atoms with van der Waals surface area (Å²) in [7, 11) is 1.68. The van der Waals surface area contributed by atoms with Crippen molar-refractivity contribution in [2.24, 2.45) is 0 Å². The van der Waals surface area contributed by atoms with E-state index in [-0.39, 0.29) is 0 Å². The lowest BCUT2D eigenvalue weighted by Crippen LogP contribution is -2.42. The molecule has 0 aliphatic carbocycles. The van der Waals surface area contributed by atoms with E-state index in [1.165, 1.54) is 16.8 Å². The number of fused-ring (bicyclic) bond motifs is 1. The zero-order valence-corrected chi connectivity index (χ0v) is 13.7. The van der Waals surface area contributed by atoms with Gasteiger partial charge < -0.3 is 15.0 Å². The molecule has 1 N–H and O–H groups in total. The molecule has 3 nitrogen and oxygen atoms in total. The van der Waals surface area contributed by atoms with Crippen molar-refractivity contribution in [3.05, 3.63) is 59.7 Å². The zero-order valence-electron chi connectivity index (χ0n) is 12.9. The van der Waals surface area contributed by atoms with Crippen molar-refractivity contribution in [3.63, 3.8) is 0 Å². The highest BCUT2D eigenvalue weighted by molar-refractivity contribution is 7.80. The second kappa shape index (κ2) is 6.36. The highest BCUT2D eigenvalue weighted by Crippen LogP contribution is 2.31. The third-order valence-corrected chi connectivity index (χ3v) is 4.37. The minimum absolute atomic E-state index is 0.397. The van der Waals surface area contributed by atoms with E-state index in [9.17, 15) is 0 Å². The number of anilines is 1. The van der Waals surface area contributed by atoms with E-state index in [0.717, 1.165) is 17.3 Å². The normalized spacial score (nSPS) is 16.3. The Bertz CT molecular complexity index is 669. The maximum Gasteiger partial charge on any atom is 0.174 e. The van der Waals surface area contributed by atoms with E-state index in [4.69, 9.17) is 17.0 Å². The van der Waals surface area contributed by atoms with Crippen molar-refractivity contribution in [3.8, 4) is 5.75 Å². The number of thiocarbonyl (C=S) groups is 1. The summed E-state index contributed by atoms with van der Waals surface area (Å²) in [5.74, 6) is 0.869. The molecule has 0 amide bonds. The number of hydrogen-bond donors (Lipinski definition) is 1. The molecule has 0 saturated carbocycles. The molecule has 0 bridgehead atoms. The van der Waals surface area contributed by atoms with E-state index in [1.54, 1.807) is 7.11 Å². The molecule has 114 valence electrons. The summed E-state index contributed by atoms with van der Waals surface area (Å²) in [6, 6.07) is 16.9. The average Bonchev–Trinajstić information content (AvgIpc) is 2.89. The molecule has 0 aromatic heterocycles. The second-order valence-electron chi connectivity index (χ2n) is 5.56. The minimum atomic E-state index is 0.397. The standard InChI is InChI=1S/C18H20N2OS/c1-13-11-15-5-3-4-6-17(15)20(13)18(22)19-12-14-7-9-16(21-2)10-8-14/h3-10,13H,11-12H2,1-2H3,(H,19,22)/t13-/m1/s1. The van der Waals surface area contributed by atoms with Crippen molar-refractivity contribution >= 4 is 23.0 Å². The lowest BCUT2D eigenvalue weighted by Gasteiger charge is -2.26. The Hall–Kier alpha value is -2.07. The predicted octanol–water partition coefficient (Wildman–Crippen LogP) is 3.52. The van der Waals surface area contributed by atoms with Gasteiger partial charge in [0.2, 0.25) is 0 Å². The van der Waals surface area contributed by atoms with Crippen LogP contribution in [0.3, 0.4) is 0 Å². The Morgan fingerprint density at radius 3 is 2.68 bits per heavy atom. The van der Waals surface area contributed by atoms with Crippen LogP contribution in [0.25, 0.3) is 0 Å². The number of methoxy groups -OCH3 is 1. The lowest BCUT2D eigenvalue weighted by atomic mass is 10.1. The topological polar surface area (TPSA) is 24.5 Å². The molecule has 2 aromatic rings. The molecule has 1 heterocycles. The summed E-state index contributed by atoms with van der Waals surface area (Å²) in [4.78, 5) is 2.22. The van der Waals surface area contributed by atoms with Gasteiger partial charge in [-0.2, -0.15) is 0 Å². The van der Waals surface area contributed by atoms with Crippen LogP contribution in [0, 0.1) is 0 Å². The molecule has 4 heteroatoms. The second-order valence-corrected chi connectivity index (χ2v) is 5.95. The largest absolute Gasteiger partial charge is 0.497 e. The molecule has 0 fully saturated rings. The third-order valence-electron chi connectivity index (χ3n) is 4.03. The number of benzene rings is 2. The highest BCUT2D eigenvalue weighted by atomic mass is 32.1. The van der Waals surface area contributed by atoms with Crippen molar-refractivity contribution in [1.29, 1.82) is 0 Å². The SMILES string of the molecule is COc1ccc(CNC(=S)N2c3ccccc3C[C@H]2C)cc1. The molecule has 0 unspecified atom stereocenters. The first-order valence-electron chi connectivity index (χ1n) is 7.47. The van der Waals surface area contributed by atoms with Gasteiger partial charge in [-0.15, -0.1) is 0 Å². The monoisotopic (exact) mass is 312 g/mol. The number of nitrogens with zero attached hydrogens (tertiary/aromatic N) is 1. The van der Waals surface area contributed by atoms with Crippen molar-refractivity contribution in [1.82, 2.24) is 5.32 Å². The summed E-state index contributed by atoms with van der Waals surface area (Å²) >= 11 is 5.60. The first kappa shape index (κ1) is 14.9. The first-order valence-corrected chi connectivity index (χ1v) is 7.88. The summed E-state index contributed by atoms with van der Waals surface area (Å²) in [5.41, 5.74) is 3.77. The molecule has 0 spiro atoms. The molecule has 1 atom stereocenters. The van der Waals surface area contributed by atoms with Crippen LogP contribution < -0.4 is 15.0 Å². The fourth-order valence-electron chi connectivity index (χ4n) is 2.88. The third kappa shape index (κ3) is 2.92. The molecule has 3 rings (SSSR count).